The van der Waals surface area contributed by atoms with Gasteiger partial charge in [0.05, 0.1) is 11.1 Å². The number of esters is 1. The van der Waals surface area contributed by atoms with E-state index < -0.39 is 5.97 Å². The predicted molar refractivity (Wildman–Crippen MR) is 132 cm³/mol. The van der Waals surface area contributed by atoms with E-state index in [1.54, 1.807) is 0 Å². The lowest BCUT2D eigenvalue weighted by Crippen LogP contribution is -2.17. The minimum Gasteiger partial charge on any atom is -0.454 e. The van der Waals surface area contributed by atoms with E-state index in [9.17, 15) is 9.59 Å². The molecule has 0 bridgehead atoms. The lowest BCUT2D eigenvalue weighted by molar-refractivity contribution is 0.0475. The minimum absolute atomic E-state index is 0.198. The van der Waals surface area contributed by atoms with E-state index in [-0.39, 0.29) is 19.2 Å². The molecule has 0 radical (unpaired) electrons. The smallest absolute Gasteiger partial charge is 0.339 e. The van der Waals surface area contributed by atoms with Crippen LogP contribution < -0.4 is 9.47 Å². The Hall–Kier alpha value is -4.13. The Balaban J connectivity index is 1.40. The summed E-state index contributed by atoms with van der Waals surface area (Å²) in [5.74, 6) is 0.590. The minimum atomic E-state index is -0.520. The van der Waals surface area contributed by atoms with E-state index in [0.717, 1.165) is 39.2 Å². The zero-order valence-corrected chi connectivity index (χ0v) is 20.2. The number of carbonyl (C=O) groups is 2. The van der Waals surface area contributed by atoms with Crippen LogP contribution in [-0.4, -0.2) is 34.7 Å². The van der Waals surface area contributed by atoms with Gasteiger partial charge < -0.3 is 18.8 Å². The summed E-state index contributed by atoms with van der Waals surface area (Å²) in [5.41, 5.74) is 5.86. The van der Waals surface area contributed by atoms with E-state index in [1.165, 1.54) is 0 Å². The number of rotatable bonds is 6. The molecule has 3 heterocycles. The van der Waals surface area contributed by atoms with Crippen molar-refractivity contribution in [1.29, 1.82) is 0 Å². The molecule has 0 amide bonds. The highest BCUT2D eigenvalue weighted by Gasteiger charge is 2.23. The average Bonchev–Trinajstić information content (AvgIpc) is 3.44. The van der Waals surface area contributed by atoms with E-state index in [2.05, 4.69) is 4.98 Å². The number of ketones is 1. The highest BCUT2D eigenvalue weighted by atomic mass is 16.7. The summed E-state index contributed by atoms with van der Waals surface area (Å²) in [5, 5.41) is 0.723. The van der Waals surface area contributed by atoms with Gasteiger partial charge >= 0.3 is 5.97 Å². The monoisotopic (exact) mass is 470 g/mol. The van der Waals surface area contributed by atoms with Crippen LogP contribution in [0.2, 0.25) is 0 Å². The molecule has 0 fully saturated rings. The fourth-order valence-corrected chi connectivity index (χ4v) is 4.71. The molecule has 35 heavy (non-hydrogen) atoms. The number of carbonyl (C=O) groups excluding carboxylic acids is 2. The van der Waals surface area contributed by atoms with Crippen LogP contribution in [0.25, 0.3) is 16.6 Å². The first kappa shape index (κ1) is 22.7. The van der Waals surface area contributed by atoms with Crippen LogP contribution in [0.4, 0.5) is 0 Å². The molecule has 0 saturated carbocycles. The number of pyridine rings is 1. The topological polar surface area (TPSA) is 79.7 Å². The molecule has 7 heteroatoms. The zero-order chi connectivity index (χ0) is 24.7. The van der Waals surface area contributed by atoms with Crippen molar-refractivity contribution in [2.45, 2.75) is 34.1 Å². The number of benzene rings is 2. The molecule has 7 nitrogen and oxygen atoms in total. The Morgan fingerprint density at radius 1 is 1.03 bits per heavy atom. The fraction of sp³-hybridized carbons (Fsp3) is 0.250. The molecule has 0 aliphatic carbocycles. The number of nitrogens with zero attached hydrogens (tertiary/aromatic N) is 2. The number of hydrogen-bond acceptors (Lipinski definition) is 6. The Morgan fingerprint density at radius 3 is 2.60 bits per heavy atom. The molecule has 0 saturated heterocycles. The molecule has 5 rings (SSSR count). The van der Waals surface area contributed by atoms with E-state index >= 15 is 0 Å². The van der Waals surface area contributed by atoms with Gasteiger partial charge in [0, 0.05) is 39.8 Å². The van der Waals surface area contributed by atoms with Crippen LogP contribution in [0.5, 0.6) is 11.5 Å². The third kappa shape index (κ3) is 3.93. The molecular weight excluding hydrogens is 444 g/mol. The second-order valence-electron chi connectivity index (χ2n) is 8.59. The molecule has 4 aromatic rings. The van der Waals surface area contributed by atoms with Crippen molar-refractivity contribution in [2.75, 3.05) is 13.4 Å². The number of aromatic nitrogens is 2. The molecule has 2 aromatic carbocycles. The normalized spacial score (nSPS) is 12.2. The maximum Gasteiger partial charge on any atom is 0.339 e. The molecule has 1 aliphatic rings. The molecular formula is C28H26N2O5. The van der Waals surface area contributed by atoms with Crippen molar-refractivity contribution in [2.24, 2.45) is 0 Å². The van der Waals surface area contributed by atoms with Crippen molar-refractivity contribution in [1.82, 2.24) is 9.55 Å². The van der Waals surface area contributed by atoms with E-state index in [4.69, 9.17) is 14.2 Å². The van der Waals surface area contributed by atoms with Crippen molar-refractivity contribution < 1.29 is 23.8 Å². The number of fused-ring (bicyclic) bond motifs is 2. The highest BCUT2D eigenvalue weighted by Crippen LogP contribution is 2.35. The van der Waals surface area contributed by atoms with Gasteiger partial charge in [0.1, 0.15) is 0 Å². The standard InChI is InChI=1S/C28H26N2O5/c1-5-22-17(3)27(20-8-6-7-9-23(20)29-22)28(32)33-14-24(31)21-12-16(2)30(18(21)4)19-10-11-25-26(13-19)35-15-34-25/h6-13H,5,14-15H2,1-4H3. The first-order valence-corrected chi connectivity index (χ1v) is 11.6. The summed E-state index contributed by atoms with van der Waals surface area (Å²) in [6.07, 6.45) is 0.696. The van der Waals surface area contributed by atoms with Crippen molar-refractivity contribution in [3.05, 3.63) is 82.3 Å². The van der Waals surface area contributed by atoms with Crippen LogP contribution in [0.15, 0.2) is 48.5 Å². The van der Waals surface area contributed by atoms with E-state index in [1.807, 2.05) is 80.8 Å². The van der Waals surface area contributed by atoms with Crippen LogP contribution in [0.1, 0.15) is 50.3 Å². The number of Topliss-reactive ketones (excluding diaryl/α,β-unsaturated/α-hetero) is 1. The summed E-state index contributed by atoms with van der Waals surface area (Å²) in [4.78, 5) is 30.9. The maximum atomic E-state index is 13.1. The third-order valence-electron chi connectivity index (χ3n) is 6.46. The Morgan fingerprint density at radius 2 is 1.80 bits per heavy atom. The molecule has 0 unspecified atom stereocenters. The third-order valence-corrected chi connectivity index (χ3v) is 6.46. The summed E-state index contributed by atoms with van der Waals surface area (Å²) in [7, 11) is 0. The summed E-state index contributed by atoms with van der Waals surface area (Å²) >= 11 is 0. The first-order valence-electron chi connectivity index (χ1n) is 11.6. The van der Waals surface area contributed by atoms with Crippen LogP contribution in [0, 0.1) is 20.8 Å². The van der Waals surface area contributed by atoms with Gasteiger partial charge in [0.2, 0.25) is 12.6 Å². The van der Waals surface area contributed by atoms with E-state index in [0.29, 0.717) is 29.0 Å². The van der Waals surface area contributed by atoms with Gasteiger partial charge in [-0.15, -0.1) is 0 Å². The van der Waals surface area contributed by atoms with Gasteiger partial charge in [-0.05, 0) is 57.0 Å². The largest absolute Gasteiger partial charge is 0.454 e. The lowest BCUT2D eigenvalue weighted by Gasteiger charge is -2.13. The molecule has 178 valence electrons. The van der Waals surface area contributed by atoms with Crippen LogP contribution in [-0.2, 0) is 11.2 Å². The average molecular weight is 471 g/mol. The molecule has 0 N–H and O–H groups in total. The number of aryl methyl sites for hydroxylation is 2. The van der Waals surface area contributed by atoms with Gasteiger partial charge in [-0.3, -0.25) is 9.78 Å². The lowest BCUT2D eigenvalue weighted by atomic mass is 10.0. The molecule has 2 aromatic heterocycles. The first-order chi connectivity index (χ1) is 16.9. The van der Waals surface area contributed by atoms with Crippen molar-refractivity contribution >= 4 is 22.7 Å². The van der Waals surface area contributed by atoms with Crippen LogP contribution in [0.3, 0.4) is 0 Å². The van der Waals surface area contributed by atoms with Gasteiger partial charge in [-0.2, -0.15) is 0 Å². The van der Waals surface area contributed by atoms with Gasteiger partial charge in [0.15, 0.2) is 18.1 Å². The summed E-state index contributed by atoms with van der Waals surface area (Å²) in [6.45, 7) is 7.53. The molecule has 1 aliphatic heterocycles. The Kier molecular flexibility index (Phi) is 5.76. The SMILES string of the molecule is CCc1nc2ccccc2c(C(=O)OCC(=O)c2cc(C)n(-c3ccc4c(c3)OCO4)c2C)c1C. The number of hydrogen-bond donors (Lipinski definition) is 0. The predicted octanol–water partition coefficient (Wildman–Crippen LogP) is 5.28. The maximum absolute atomic E-state index is 13.1. The highest BCUT2D eigenvalue weighted by molar-refractivity contribution is 6.06. The zero-order valence-electron chi connectivity index (χ0n) is 20.2. The van der Waals surface area contributed by atoms with Gasteiger partial charge in [0.25, 0.3) is 0 Å². The van der Waals surface area contributed by atoms with Gasteiger partial charge in [-0.25, -0.2) is 4.79 Å². The number of ether oxygens (including phenoxy) is 3. The Labute approximate surface area is 203 Å². The van der Waals surface area contributed by atoms with Crippen LogP contribution >= 0.6 is 0 Å². The number of para-hydroxylation sites is 1. The second kappa shape index (κ2) is 8.91. The molecule has 0 spiro atoms. The Bertz CT molecular complexity index is 1480. The summed E-state index contributed by atoms with van der Waals surface area (Å²) in [6, 6.07) is 15.0. The second-order valence-corrected chi connectivity index (χ2v) is 8.59. The summed E-state index contributed by atoms with van der Waals surface area (Å²) < 4.78 is 18.4. The fourth-order valence-electron chi connectivity index (χ4n) is 4.71. The quantitative estimate of drug-likeness (QED) is 0.282. The van der Waals surface area contributed by atoms with Crippen molar-refractivity contribution in [3.8, 4) is 17.2 Å². The van der Waals surface area contributed by atoms with Crippen molar-refractivity contribution in [3.63, 3.8) is 0 Å². The molecule has 0 atom stereocenters. The van der Waals surface area contributed by atoms with Gasteiger partial charge in [-0.1, -0.05) is 25.1 Å².